The Bertz CT molecular complexity index is 965. The van der Waals surface area contributed by atoms with Gasteiger partial charge in [-0.25, -0.2) is 14.5 Å². The van der Waals surface area contributed by atoms with Crippen LogP contribution in [0.2, 0.25) is 5.02 Å². The lowest BCUT2D eigenvalue weighted by Crippen LogP contribution is -2.54. The van der Waals surface area contributed by atoms with E-state index in [4.69, 9.17) is 11.6 Å². The van der Waals surface area contributed by atoms with Gasteiger partial charge in [-0.05, 0) is 48.0 Å². The maximum absolute atomic E-state index is 12.7. The molecule has 136 valence electrons. The number of imide groups is 2. The second kappa shape index (κ2) is 7.43. The molecular formula is C19H13ClN2O5. The number of nitrogens with zero attached hydrogens (tertiary/aromatic N) is 1. The predicted molar refractivity (Wildman–Crippen MR) is 98.2 cm³/mol. The number of ether oxygens (including phenoxy) is 1. The third kappa shape index (κ3) is 3.73. The quantitative estimate of drug-likeness (QED) is 0.499. The number of rotatable bonds is 3. The molecule has 27 heavy (non-hydrogen) atoms. The largest absolute Gasteiger partial charge is 0.465 e. The van der Waals surface area contributed by atoms with Crippen molar-refractivity contribution in [1.82, 2.24) is 5.32 Å². The lowest BCUT2D eigenvalue weighted by Gasteiger charge is -2.26. The van der Waals surface area contributed by atoms with Gasteiger partial charge in [-0.1, -0.05) is 23.7 Å². The first-order valence-electron chi connectivity index (χ1n) is 7.76. The van der Waals surface area contributed by atoms with Crippen LogP contribution in [0.3, 0.4) is 0 Å². The maximum atomic E-state index is 12.7. The van der Waals surface area contributed by atoms with Crippen LogP contribution in [-0.2, 0) is 14.3 Å². The van der Waals surface area contributed by atoms with E-state index in [-0.39, 0.29) is 11.3 Å². The summed E-state index contributed by atoms with van der Waals surface area (Å²) in [6.45, 7) is 0. The summed E-state index contributed by atoms with van der Waals surface area (Å²) in [5.41, 5.74) is 0.903. The molecule has 0 saturated carbocycles. The predicted octanol–water partition coefficient (Wildman–Crippen LogP) is 2.79. The first-order chi connectivity index (χ1) is 12.9. The van der Waals surface area contributed by atoms with Gasteiger partial charge in [0, 0.05) is 5.02 Å². The molecule has 1 heterocycles. The van der Waals surface area contributed by atoms with Crippen LogP contribution >= 0.6 is 11.6 Å². The lowest BCUT2D eigenvalue weighted by molar-refractivity contribution is -0.122. The number of carbonyl (C=O) groups is 4. The first kappa shape index (κ1) is 18.3. The number of hydrogen-bond acceptors (Lipinski definition) is 5. The van der Waals surface area contributed by atoms with Crippen molar-refractivity contribution in [3.05, 3.63) is 70.3 Å². The van der Waals surface area contributed by atoms with Gasteiger partial charge < -0.3 is 4.74 Å². The molecule has 0 spiro atoms. The molecule has 0 unspecified atom stereocenters. The minimum atomic E-state index is -0.842. The number of carbonyl (C=O) groups excluding carboxylic acids is 4. The number of methoxy groups -OCH3 is 1. The van der Waals surface area contributed by atoms with Crippen LogP contribution in [0.5, 0.6) is 0 Å². The minimum absolute atomic E-state index is 0.213. The van der Waals surface area contributed by atoms with Crippen LogP contribution < -0.4 is 10.2 Å². The van der Waals surface area contributed by atoms with Crippen molar-refractivity contribution in [2.45, 2.75) is 0 Å². The Morgan fingerprint density at radius 3 is 2.26 bits per heavy atom. The molecule has 1 aliphatic heterocycles. The molecule has 8 heteroatoms. The number of esters is 1. The van der Waals surface area contributed by atoms with Crippen molar-refractivity contribution in [3.63, 3.8) is 0 Å². The molecule has 1 saturated heterocycles. The fourth-order valence-corrected chi connectivity index (χ4v) is 2.61. The molecule has 1 aliphatic rings. The number of halogens is 1. The smallest absolute Gasteiger partial charge is 0.337 e. The van der Waals surface area contributed by atoms with Gasteiger partial charge in [-0.3, -0.25) is 14.9 Å². The standard InChI is InChI=1S/C19H13ClN2O5/c1-27-18(25)12-4-2-11(3-5-12)10-15-16(23)21-19(26)22(17(15)24)14-8-6-13(20)7-9-14/h2-10H,1H3,(H,21,23,26)/b15-10+. The summed E-state index contributed by atoms with van der Waals surface area (Å²) in [5, 5.41) is 2.58. The zero-order valence-corrected chi connectivity index (χ0v) is 14.8. The highest BCUT2D eigenvalue weighted by Crippen LogP contribution is 2.23. The van der Waals surface area contributed by atoms with Crippen LogP contribution in [0.1, 0.15) is 15.9 Å². The topological polar surface area (TPSA) is 92.8 Å². The average Bonchev–Trinajstić information content (AvgIpc) is 2.66. The van der Waals surface area contributed by atoms with Crippen LogP contribution in [0.15, 0.2) is 54.1 Å². The van der Waals surface area contributed by atoms with Gasteiger partial charge in [-0.2, -0.15) is 0 Å². The molecule has 0 atom stereocenters. The van der Waals surface area contributed by atoms with Crippen molar-refractivity contribution in [2.75, 3.05) is 12.0 Å². The van der Waals surface area contributed by atoms with E-state index in [1.54, 1.807) is 12.1 Å². The Balaban J connectivity index is 1.94. The molecule has 2 aromatic carbocycles. The fraction of sp³-hybridized carbons (Fsp3) is 0.0526. The number of benzene rings is 2. The van der Waals surface area contributed by atoms with E-state index in [1.165, 1.54) is 49.6 Å². The van der Waals surface area contributed by atoms with Gasteiger partial charge >= 0.3 is 12.0 Å². The van der Waals surface area contributed by atoms with E-state index in [9.17, 15) is 19.2 Å². The molecule has 1 fully saturated rings. The zero-order chi connectivity index (χ0) is 19.6. The summed E-state index contributed by atoms with van der Waals surface area (Å²) in [5.74, 6) is -2.06. The second-order valence-electron chi connectivity index (χ2n) is 5.55. The number of amides is 4. The maximum Gasteiger partial charge on any atom is 0.337 e. The molecule has 7 nitrogen and oxygen atoms in total. The summed E-state index contributed by atoms with van der Waals surface area (Å²) in [4.78, 5) is 49.3. The van der Waals surface area contributed by atoms with Crippen LogP contribution in [0.25, 0.3) is 6.08 Å². The summed E-state index contributed by atoms with van der Waals surface area (Å²) in [6.07, 6.45) is 1.34. The monoisotopic (exact) mass is 384 g/mol. The molecule has 0 aromatic heterocycles. The highest BCUT2D eigenvalue weighted by molar-refractivity contribution is 6.39. The van der Waals surface area contributed by atoms with Crippen LogP contribution in [0, 0.1) is 0 Å². The Morgan fingerprint density at radius 1 is 1.04 bits per heavy atom. The van der Waals surface area contributed by atoms with Crippen molar-refractivity contribution >= 4 is 47.2 Å². The lowest BCUT2D eigenvalue weighted by atomic mass is 10.1. The number of hydrogen-bond donors (Lipinski definition) is 1. The van der Waals surface area contributed by atoms with Gasteiger partial charge in [-0.15, -0.1) is 0 Å². The Morgan fingerprint density at radius 2 is 1.67 bits per heavy atom. The Kier molecular flexibility index (Phi) is 5.05. The van der Waals surface area contributed by atoms with Gasteiger partial charge in [0.1, 0.15) is 5.57 Å². The zero-order valence-electron chi connectivity index (χ0n) is 14.1. The van der Waals surface area contributed by atoms with Crippen LogP contribution in [0.4, 0.5) is 10.5 Å². The fourth-order valence-electron chi connectivity index (χ4n) is 2.48. The second-order valence-corrected chi connectivity index (χ2v) is 5.98. The Hall–Kier alpha value is -3.45. The summed E-state index contributed by atoms with van der Waals surface area (Å²) in [7, 11) is 1.27. The molecular weight excluding hydrogens is 372 g/mol. The van der Waals surface area contributed by atoms with E-state index in [2.05, 4.69) is 10.1 Å². The van der Waals surface area contributed by atoms with Gasteiger partial charge in [0.05, 0.1) is 18.4 Å². The Labute approximate surface area is 159 Å². The molecule has 1 N–H and O–H groups in total. The van der Waals surface area contributed by atoms with Crippen molar-refractivity contribution in [1.29, 1.82) is 0 Å². The van der Waals surface area contributed by atoms with E-state index in [0.717, 1.165) is 4.90 Å². The van der Waals surface area contributed by atoms with E-state index in [1.807, 2.05) is 0 Å². The minimum Gasteiger partial charge on any atom is -0.465 e. The van der Waals surface area contributed by atoms with Gasteiger partial charge in [0.25, 0.3) is 11.8 Å². The number of anilines is 1. The van der Waals surface area contributed by atoms with Crippen molar-refractivity contribution in [3.8, 4) is 0 Å². The molecule has 4 amide bonds. The molecule has 0 bridgehead atoms. The average molecular weight is 385 g/mol. The van der Waals surface area contributed by atoms with E-state index < -0.39 is 23.8 Å². The molecule has 2 aromatic rings. The van der Waals surface area contributed by atoms with Gasteiger partial charge in [0.15, 0.2) is 0 Å². The summed E-state index contributed by atoms with van der Waals surface area (Å²) >= 11 is 5.83. The highest BCUT2D eigenvalue weighted by Gasteiger charge is 2.36. The summed E-state index contributed by atoms with van der Waals surface area (Å²) < 4.78 is 4.62. The van der Waals surface area contributed by atoms with Crippen molar-refractivity contribution < 1.29 is 23.9 Å². The van der Waals surface area contributed by atoms with Crippen LogP contribution in [-0.4, -0.2) is 30.9 Å². The SMILES string of the molecule is COC(=O)c1ccc(/C=C2\C(=O)NC(=O)N(c3ccc(Cl)cc3)C2=O)cc1. The highest BCUT2D eigenvalue weighted by atomic mass is 35.5. The third-order valence-corrected chi connectivity index (χ3v) is 4.08. The number of barbiturate groups is 1. The van der Waals surface area contributed by atoms with E-state index in [0.29, 0.717) is 16.1 Å². The number of nitrogens with one attached hydrogen (secondary N) is 1. The molecule has 0 radical (unpaired) electrons. The summed E-state index contributed by atoms with van der Waals surface area (Å²) in [6, 6.07) is 11.3. The normalized spacial score (nSPS) is 15.7. The third-order valence-electron chi connectivity index (χ3n) is 3.83. The van der Waals surface area contributed by atoms with Crippen molar-refractivity contribution in [2.24, 2.45) is 0 Å². The first-order valence-corrected chi connectivity index (χ1v) is 8.14. The number of urea groups is 1. The van der Waals surface area contributed by atoms with Gasteiger partial charge in [0.2, 0.25) is 0 Å². The molecule has 0 aliphatic carbocycles. The molecule has 3 rings (SSSR count). The van der Waals surface area contributed by atoms with E-state index >= 15 is 0 Å².